The van der Waals surface area contributed by atoms with Gasteiger partial charge in [0.25, 0.3) is 15.9 Å². The topological polar surface area (TPSA) is 97.3 Å². The largest absolute Gasteiger partial charge is 0.493 e. The van der Waals surface area contributed by atoms with E-state index in [1.165, 1.54) is 38.6 Å². The molecule has 3 aromatic rings. The molecule has 1 amide bonds. The Hall–Kier alpha value is -3.37. The number of aryl methyl sites for hydroxylation is 1. The van der Waals surface area contributed by atoms with Crippen molar-refractivity contribution >= 4 is 43.8 Å². The van der Waals surface area contributed by atoms with Gasteiger partial charge in [0.15, 0.2) is 11.5 Å². The zero-order valence-corrected chi connectivity index (χ0v) is 21.3. The molecule has 0 fully saturated rings. The number of sulfonamides is 1. The minimum absolute atomic E-state index is 0.0452. The average molecular weight is 546 g/mol. The van der Waals surface area contributed by atoms with Crippen molar-refractivity contribution in [3.63, 3.8) is 0 Å². The first-order chi connectivity index (χ1) is 16.2. The predicted molar refractivity (Wildman–Crippen MR) is 135 cm³/mol. The molecule has 0 spiro atoms. The molecule has 178 valence electrons. The summed E-state index contributed by atoms with van der Waals surface area (Å²) in [6, 6.07) is 18.5. The Balaban J connectivity index is 1.89. The third-order valence-electron chi connectivity index (χ3n) is 4.80. The maximum Gasteiger partial charge on any atom is 0.264 e. The van der Waals surface area contributed by atoms with Crippen LogP contribution in [0.4, 0.5) is 5.69 Å². The summed E-state index contributed by atoms with van der Waals surface area (Å²) >= 11 is 3.37. The van der Waals surface area contributed by atoms with Crippen LogP contribution in [-0.4, -0.2) is 41.3 Å². The summed E-state index contributed by atoms with van der Waals surface area (Å²) < 4.78 is 39.5. The molecule has 0 radical (unpaired) electrons. The van der Waals surface area contributed by atoms with E-state index < -0.39 is 22.5 Å². The second-order valence-electron chi connectivity index (χ2n) is 7.21. The van der Waals surface area contributed by atoms with Crippen molar-refractivity contribution in [2.24, 2.45) is 5.10 Å². The van der Waals surface area contributed by atoms with Crippen molar-refractivity contribution in [3.8, 4) is 11.5 Å². The number of hydrazone groups is 1. The van der Waals surface area contributed by atoms with Crippen LogP contribution >= 0.6 is 15.9 Å². The highest BCUT2D eigenvalue weighted by molar-refractivity contribution is 9.10. The van der Waals surface area contributed by atoms with Gasteiger partial charge in [0.05, 0.1) is 31.0 Å². The summed E-state index contributed by atoms with van der Waals surface area (Å²) in [5, 5.41) is 3.94. The summed E-state index contributed by atoms with van der Waals surface area (Å²) in [6.07, 6.45) is 1.47. The molecular weight excluding hydrogens is 522 g/mol. The Morgan fingerprint density at radius 3 is 2.38 bits per heavy atom. The number of carbonyl (C=O) groups excluding carboxylic acids is 1. The maximum absolute atomic E-state index is 13.6. The van der Waals surface area contributed by atoms with Crippen LogP contribution in [0.3, 0.4) is 0 Å². The summed E-state index contributed by atoms with van der Waals surface area (Å²) in [7, 11) is -1.24. The molecule has 3 rings (SSSR count). The number of ether oxygens (including phenoxy) is 2. The van der Waals surface area contributed by atoms with E-state index >= 15 is 0 Å². The Morgan fingerprint density at radius 2 is 1.74 bits per heavy atom. The molecular formula is C24H24BrN3O5S. The van der Waals surface area contributed by atoms with Crippen LogP contribution in [0.2, 0.25) is 0 Å². The van der Waals surface area contributed by atoms with Gasteiger partial charge in [0.1, 0.15) is 6.54 Å². The van der Waals surface area contributed by atoms with E-state index in [1.54, 1.807) is 24.3 Å². The predicted octanol–water partition coefficient (Wildman–Crippen LogP) is 4.12. The third kappa shape index (κ3) is 6.15. The number of carbonyl (C=O) groups is 1. The zero-order chi connectivity index (χ0) is 24.7. The number of halogens is 1. The quantitative estimate of drug-likeness (QED) is 0.322. The fourth-order valence-corrected chi connectivity index (χ4v) is 4.92. The van der Waals surface area contributed by atoms with Gasteiger partial charge in [-0.05, 0) is 48.9 Å². The summed E-state index contributed by atoms with van der Waals surface area (Å²) in [5.74, 6) is 0.0503. The molecule has 0 saturated carbocycles. The van der Waals surface area contributed by atoms with E-state index in [0.29, 0.717) is 11.4 Å². The van der Waals surface area contributed by atoms with E-state index in [4.69, 9.17) is 9.47 Å². The lowest BCUT2D eigenvalue weighted by Gasteiger charge is -2.24. The van der Waals surface area contributed by atoms with E-state index in [2.05, 4.69) is 26.5 Å². The highest BCUT2D eigenvalue weighted by atomic mass is 79.9. The van der Waals surface area contributed by atoms with Crippen molar-refractivity contribution in [2.45, 2.75) is 11.8 Å². The standard InChI is InChI=1S/C24H24BrN3O5S/c1-17-7-9-20(10-8-17)28(16-24(29)27-26-15-18-5-4-6-19(25)13-18)34(30,31)21-11-12-22(32-2)23(14-21)33-3/h4-15H,16H2,1-3H3,(H,27,29)/b26-15-. The molecule has 10 heteroatoms. The molecule has 8 nitrogen and oxygen atoms in total. The van der Waals surface area contributed by atoms with Gasteiger partial charge in [-0.15, -0.1) is 0 Å². The first kappa shape index (κ1) is 25.3. The summed E-state index contributed by atoms with van der Waals surface area (Å²) in [6.45, 7) is 1.41. The number of methoxy groups -OCH3 is 2. The fraction of sp³-hybridized carbons (Fsp3) is 0.167. The smallest absolute Gasteiger partial charge is 0.264 e. The van der Waals surface area contributed by atoms with Crippen molar-refractivity contribution in [1.82, 2.24) is 5.43 Å². The van der Waals surface area contributed by atoms with Crippen molar-refractivity contribution < 1.29 is 22.7 Å². The lowest BCUT2D eigenvalue weighted by Crippen LogP contribution is -2.39. The number of hydrogen-bond acceptors (Lipinski definition) is 6. The van der Waals surface area contributed by atoms with E-state index in [9.17, 15) is 13.2 Å². The minimum Gasteiger partial charge on any atom is -0.493 e. The first-order valence-corrected chi connectivity index (χ1v) is 12.4. The maximum atomic E-state index is 13.6. The lowest BCUT2D eigenvalue weighted by molar-refractivity contribution is -0.119. The van der Waals surface area contributed by atoms with Gasteiger partial charge in [-0.2, -0.15) is 5.10 Å². The van der Waals surface area contributed by atoms with Gasteiger partial charge >= 0.3 is 0 Å². The Bertz CT molecular complexity index is 1290. The van der Waals surface area contributed by atoms with Gasteiger partial charge in [-0.3, -0.25) is 9.10 Å². The van der Waals surface area contributed by atoms with Crippen molar-refractivity contribution in [3.05, 3.63) is 82.3 Å². The highest BCUT2D eigenvalue weighted by Gasteiger charge is 2.28. The number of hydrogen-bond donors (Lipinski definition) is 1. The normalized spacial score (nSPS) is 11.3. The molecule has 0 unspecified atom stereocenters. The molecule has 0 aromatic heterocycles. The van der Waals surface area contributed by atoms with Crippen molar-refractivity contribution in [1.29, 1.82) is 0 Å². The van der Waals surface area contributed by atoms with Crippen LogP contribution < -0.4 is 19.2 Å². The van der Waals surface area contributed by atoms with Gasteiger partial charge in [0, 0.05) is 10.5 Å². The summed E-state index contributed by atoms with van der Waals surface area (Å²) in [4.78, 5) is 12.6. The average Bonchev–Trinajstić information content (AvgIpc) is 2.82. The van der Waals surface area contributed by atoms with E-state index in [-0.39, 0.29) is 10.6 Å². The summed E-state index contributed by atoms with van der Waals surface area (Å²) in [5.41, 5.74) is 4.45. The van der Waals surface area contributed by atoms with Gasteiger partial charge in [-0.25, -0.2) is 13.8 Å². The molecule has 0 aliphatic rings. The lowest BCUT2D eigenvalue weighted by atomic mass is 10.2. The third-order valence-corrected chi connectivity index (χ3v) is 7.07. The van der Waals surface area contributed by atoms with Gasteiger partial charge in [0.2, 0.25) is 0 Å². The monoisotopic (exact) mass is 545 g/mol. The highest BCUT2D eigenvalue weighted by Crippen LogP contribution is 2.32. The van der Waals surface area contributed by atoms with Crippen LogP contribution in [-0.2, 0) is 14.8 Å². The Labute approximate surface area is 207 Å². The van der Waals surface area contributed by atoms with E-state index in [0.717, 1.165) is 19.9 Å². The van der Waals surface area contributed by atoms with Crippen molar-refractivity contribution in [2.75, 3.05) is 25.1 Å². The Morgan fingerprint density at radius 1 is 1.03 bits per heavy atom. The van der Waals surface area contributed by atoms with Gasteiger partial charge in [-0.1, -0.05) is 45.8 Å². The Kier molecular flexibility index (Phi) is 8.30. The molecule has 0 bridgehead atoms. The second-order valence-corrected chi connectivity index (χ2v) is 9.99. The number of amides is 1. The molecule has 3 aromatic carbocycles. The van der Waals surface area contributed by atoms with Crippen LogP contribution in [0.1, 0.15) is 11.1 Å². The van der Waals surface area contributed by atoms with E-state index in [1.807, 2.05) is 31.2 Å². The zero-order valence-electron chi connectivity index (χ0n) is 18.9. The fourth-order valence-electron chi connectivity index (χ4n) is 3.06. The van der Waals surface area contributed by atoms with Crippen LogP contribution in [0.25, 0.3) is 0 Å². The second kappa shape index (κ2) is 11.2. The number of nitrogens with one attached hydrogen (secondary N) is 1. The van der Waals surface area contributed by atoms with Crippen LogP contribution in [0, 0.1) is 6.92 Å². The molecule has 0 heterocycles. The SMILES string of the molecule is COc1ccc(S(=O)(=O)N(CC(=O)N/N=C\c2cccc(Br)c2)c2ccc(C)cc2)cc1OC. The number of rotatable bonds is 9. The molecule has 1 N–H and O–H groups in total. The van der Waals surface area contributed by atoms with Crippen LogP contribution in [0.5, 0.6) is 11.5 Å². The first-order valence-electron chi connectivity index (χ1n) is 10.1. The molecule has 34 heavy (non-hydrogen) atoms. The molecule has 0 aliphatic carbocycles. The molecule has 0 aliphatic heterocycles. The number of anilines is 1. The number of benzene rings is 3. The van der Waals surface area contributed by atoms with Gasteiger partial charge < -0.3 is 9.47 Å². The molecule has 0 atom stereocenters. The molecule has 0 saturated heterocycles. The van der Waals surface area contributed by atoms with Crippen LogP contribution in [0.15, 0.2) is 81.2 Å². The minimum atomic E-state index is -4.12. The number of nitrogens with zero attached hydrogens (tertiary/aromatic N) is 2.